The van der Waals surface area contributed by atoms with Crippen LogP contribution in [0.1, 0.15) is 16.9 Å². The van der Waals surface area contributed by atoms with E-state index in [1.807, 2.05) is 24.3 Å². The lowest BCUT2D eigenvalue weighted by molar-refractivity contribution is 0.0936. The summed E-state index contributed by atoms with van der Waals surface area (Å²) >= 11 is 5.92. The van der Waals surface area contributed by atoms with Crippen LogP contribution in [0, 0.1) is 0 Å². The lowest BCUT2D eigenvalue weighted by Gasteiger charge is -2.09. The molecule has 0 spiro atoms. The van der Waals surface area contributed by atoms with Crippen LogP contribution in [0.4, 0.5) is 0 Å². The van der Waals surface area contributed by atoms with Crippen molar-refractivity contribution in [2.75, 3.05) is 13.1 Å². The summed E-state index contributed by atoms with van der Waals surface area (Å²) in [5, 5.41) is 7.86. The highest BCUT2D eigenvalue weighted by molar-refractivity contribution is 6.31. The normalized spacial score (nSPS) is 19.3. The molecular weight excluding hydrogens is 250 g/mol. The van der Waals surface area contributed by atoms with Crippen LogP contribution in [-0.2, 0) is 0 Å². The lowest BCUT2D eigenvalue weighted by Crippen LogP contribution is -2.36. The Morgan fingerprint density at radius 2 is 2.28 bits per heavy atom. The number of fused-ring (bicyclic) bond motifs is 1. The molecule has 0 saturated carbocycles. The zero-order valence-electron chi connectivity index (χ0n) is 9.79. The van der Waals surface area contributed by atoms with Crippen LogP contribution >= 0.6 is 11.6 Å². The molecule has 1 saturated heterocycles. The molecule has 0 radical (unpaired) electrons. The minimum absolute atomic E-state index is 0.0592. The van der Waals surface area contributed by atoms with E-state index in [1.165, 1.54) is 0 Å². The van der Waals surface area contributed by atoms with E-state index in [0.29, 0.717) is 10.7 Å². The third kappa shape index (κ3) is 2.21. The fourth-order valence-corrected chi connectivity index (χ4v) is 2.45. The first-order valence-corrected chi connectivity index (χ1v) is 6.40. The molecule has 4 nitrogen and oxygen atoms in total. The van der Waals surface area contributed by atoms with Crippen molar-refractivity contribution in [2.24, 2.45) is 0 Å². The molecule has 94 valence electrons. The summed E-state index contributed by atoms with van der Waals surface area (Å²) in [7, 11) is 0. The first-order chi connectivity index (χ1) is 8.72. The van der Waals surface area contributed by atoms with Crippen molar-refractivity contribution in [1.29, 1.82) is 0 Å². The molecule has 2 heterocycles. The Morgan fingerprint density at radius 3 is 3.06 bits per heavy atom. The second-order valence-electron chi connectivity index (χ2n) is 4.58. The number of halogens is 1. The molecular formula is C13H14ClN3O. The maximum atomic E-state index is 12.1. The molecule has 1 atom stereocenters. The summed E-state index contributed by atoms with van der Waals surface area (Å²) in [4.78, 5) is 15.2. The van der Waals surface area contributed by atoms with Crippen LogP contribution in [0.25, 0.3) is 10.9 Å². The summed E-state index contributed by atoms with van der Waals surface area (Å²) in [6, 6.07) is 7.60. The Kier molecular flexibility index (Phi) is 2.97. The first kappa shape index (κ1) is 11.6. The van der Waals surface area contributed by atoms with Gasteiger partial charge < -0.3 is 15.6 Å². The van der Waals surface area contributed by atoms with Crippen LogP contribution in [0.15, 0.2) is 24.3 Å². The predicted molar refractivity (Wildman–Crippen MR) is 72.0 cm³/mol. The molecule has 1 unspecified atom stereocenters. The number of nitrogens with one attached hydrogen (secondary N) is 3. The van der Waals surface area contributed by atoms with Gasteiger partial charge in [-0.25, -0.2) is 0 Å². The Balaban J connectivity index is 1.82. The summed E-state index contributed by atoms with van der Waals surface area (Å²) in [5.41, 5.74) is 1.51. The molecule has 1 fully saturated rings. The van der Waals surface area contributed by atoms with Gasteiger partial charge in [-0.1, -0.05) is 11.6 Å². The van der Waals surface area contributed by atoms with Crippen LogP contribution in [-0.4, -0.2) is 30.0 Å². The van der Waals surface area contributed by atoms with Gasteiger partial charge in [-0.15, -0.1) is 0 Å². The van der Waals surface area contributed by atoms with Gasteiger partial charge in [0.05, 0.1) is 0 Å². The van der Waals surface area contributed by atoms with E-state index in [9.17, 15) is 4.79 Å². The van der Waals surface area contributed by atoms with Crippen molar-refractivity contribution in [2.45, 2.75) is 12.5 Å². The Hall–Kier alpha value is -1.52. The monoisotopic (exact) mass is 263 g/mol. The lowest BCUT2D eigenvalue weighted by atomic mass is 10.2. The predicted octanol–water partition coefficient (Wildman–Crippen LogP) is 1.91. The fourth-order valence-electron chi connectivity index (χ4n) is 2.27. The van der Waals surface area contributed by atoms with Gasteiger partial charge in [0.25, 0.3) is 5.91 Å². The number of hydrogen-bond donors (Lipinski definition) is 3. The van der Waals surface area contributed by atoms with Gasteiger partial charge in [-0.2, -0.15) is 0 Å². The maximum Gasteiger partial charge on any atom is 0.267 e. The number of aromatic nitrogens is 1. The standard InChI is InChI=1S/C13H14ClN3O/c14-9-1-2-11-8(5-9)6-12(17-11)13(18)16-10-3-4-15-7-10/h1-2,5-6,10,15,17H,3-4,7H2,(H,16,18). The maximum absolute atomic E-state index is 12.1. The van der Waals surface area contributed by atoms with Crippen LogP contribution in [0.3, 0.4) is 0 Å². The van der Waals surface area contributed by atoms with Gasteiger partial charge in [0, 0.05) is 28.5 Å². The second kappa shape index (κ2) is 4.63. The number of rotatable bonds is 2. The molecule has 2 aromatic rings. The molecule has 0 aliphatic carbocycles. The smallest absolute Gasteiger partial charge is 0.267 e. The third-order valence-electron chi connectivity index (χ3n) is 3.22. The van der Waals surface area contributed by atoms with Gasteiger partial charge in [-0.05, 0) is 37.2 Å². The van der Waals surface area contributed by atoms with E-state index in [4.69, 9.17) is 11.6 Å². The fraction of sp³-hybridized carbons (Fsp3) is 0.308. The Morgan fingerprint density at radius 1 is 1.39 bits per heavy atom. The number of carbonyl (C=O) groups is 1. The zero-order chi connectivity index (χ0) is 12.5. The highest BCUT2D eigenvalue weighted by Gasteiger charge is 2.18. The molecule has 3 rings (SSSR count). The van der Waals surface area contributed by atoms with Crippen molar-refractivity contribution < 1.29 is 4.79 Å². The first-order valence-electron chi connectivity index (χ1n) is 6.02. The average Bonchev–Trinajstić information content (AvgIpc) is 2.96. The second-order valence-corrected chi connectivity index (χ2v) is 5.01. The minimum Gasteiger partial charge on any atom is -0.351 e. The molecule has 1 aromatic heterocycles. The van der Waals surface area contributed by atoms with Crippen LogP contribution in [0.5, 0.6) is 0 Å². The molecule has 1 aliphatic rings. The van der Waals surface area contributed by atoms with E-state index in [1.54, 1.807) is 0 Å². The number of benzene rings is 1. The summed E-state index contributed by atoms with van der Waals surface area (Å²) < 4.78 is 0. The van der Waals surface area contributed by atoms with E-state index in [-0.39, 0.29) is 11.9 Å². The number of carbonyl (C=O) groups excluding carboxylic acids is 1. The van der Waals surface area contributed by atoms with Crippen LogP contribution < -0.4 is 10.6 Å². The highest BCUT2D eigenvalue weighted by atomic mass is 35.5. The van der Waals surface area contributed by atoms with Gasteiger partial charge in [0.2, 0.25) is 0 Å². The molecule has 5 heteroatoms. The van der Waals surface area contributed by atoms with E-state index in [2.05, 4.69) is 15.6 Å². The van der Waals surface area contributed by atoms with Gasteiger partial charge in [0.15, 0.2) is 0 Å². The molecule has 1 aliphatic heterocycles. The van der Waals surface area contributed by atoms with Crippen molar-refractivity contribution in [3.63, 3.8) is 0 Å². The zero-order valence-corrected chi connectivity index (χ0v) is 10.6. The number of hydrogen-bond acceptors (Lipinski definition) is 2. The number of amides is 1. The van der Waals surface area contributed by atoms with Crippen molar-refractivity contribution in [3.05, 3.63) is 35.0 Å². The van der Waals surface area contributed by atoms with Gasteiger partial charge in [-0.3, -0.25) is 4.79 Å². The minimum atomic E-state index is -0.0592. The summed E-state index contributed by atoms with van der Waals surface area (Å²) in [6.07, 6.45) is 0.984. The topological polar surface area (TPSA) is 56.9 Å². The Bertz CT molecular complexity index is 587. The molecule has 1 amide bonds. The van der Waals surface area contributed by atoms with E-state index >= 15 is 0 Å². The molecule has 18 heavy (non-hydrogen) atoms. The summed E-state index contributed by atoms with van der Waals surface area (Å²) in [5.74, 6) is -0.0592. The van der Waals surface area contributed by atoms with E-state index in [0.717, 1.165) is 30.4 Å². The quantitative estimate of drug-likeness (QED) is 0.775. The molecule has 0 bridgehead atoms. The Labute approximate surface area is 110 Å². The third-order valence-corrected chi connectivity index (χ3v) is 3.46. The molecule has 3 N–H and O–H groups in total. The summed E-state index contributed by atoms with van der Waals surface area (Å²) in [6.45, 7) is 1.81. The van der Waals surface area contributed by atoms with E-state index < -0.39 is 0 Å². The van der Waals surface area contributed by atoms with Gasteiger partial charge in [0.1, 0.15) is 5.69 Å². The van der Waals surface area contributed by atoms with Crippen LogP contribution in [0.2, 0.25) is 5.02 Å². The average molecular weight is 264 g/mol. The van der Waals surface area contributed by atoms with Crippen molar-refractivity contribution in [3.8, 4) is 0 Å². The largest absolute Gasteiger partial charge is 0.351 e. The SMILES string of the molecule is O=C(NC1CCNC1)c1cc2cc(Cl)ccc2[nH]1. The van der Waals surface area contributed by atoms with Crippen molar-refractivity contribution >= 4 is 28.4 Å². The number of H-pyrrole nitrogens is 1. The van der Waals surface area contributed by atoms with Crippen molar-refractivity contribution in [1.82, 2.24) is 15.6 Å². The van der Waals surface area contributed by atoms with Gasteiger partial charge >= 0.3 is 0 Å². The molecule has 1 aromatic carbocycles. The number of aromatic amines is 1. The highest BCUT2D eigenvalue weighted by Crippen LogP contribution is 2.20.